The molecule has 0 spiro atoms. The predicted octanol–water partition coefficient (Wildman–Crippen LogP) is 4.22. The van der Waals surface area contributed by atoms with Crippen LogP contribution in [0.4, 0.5) is 15.3 Å². The number of amides is 1. The van der Waals surface area contributed by atoms with E-state index in [4.69, 9.17) is 9.88 Å². The molecule has 1 aromatic heterocycles. The molecule has 0 saturated carbocycles. The maximum atomic E-state index is 12.5. The summed E-state index contributed by atoms with van der Waals surface area (Å²) in [5.41, 5.74) is 1.58. The fraction of sp³-hybridized carbons (Fsp3) is 0.385. The number of aromatic nitrogens is 1. The lowest BCUT2D eigenvalue weighted by molar-refractivity contribution is 0.0204. The molecule has 0 bridgehead atoms. The van der Waals surface area contributed by atoms with E-state index in [0.717, 1.165) is 11.3 Å². The maximum Gasteiger partial charge on any atom is 0.417 e. The van der Waals surface area contributed by atoms with Crippen LogP contribution >= 0.6 is 0 Å². The minimum Gasteiger partial charge on any atom is -0.464 e. The molecule has 0 unspecified atom stereocenters. The summed E-state index contributed by atoms with van der Waals surface area (Å²) in [6.07, 6.45) is -0.333. The van der Waals surface area contributed by atoms with Crippen LogP contribution in [0.25, 0.3) is 10.9 Å². The fourth-order valence-corrected chi connectivity index (χ4v) is 5.38. The van der Waals surface area contributed by atoms with Gasteiger partial charge in [0.2, 0.25) is 0 Å². The van der Waals surface area contributed by atoms with E-state index in [-0.39, 0.29) is 17.7 Å². The summed E-state index contributed by atoms with van der Waals surface area (Å²) in [5, 5.41) is 14.9. The van der Waals surface area contributed by atoms with Crippen LogP contribution in [0.1, 0.15) is 39.2 Å². The van der Waals surface area contributed by atoms with Gasteiger partial charge in [0.15, 0.2) is 5.03 Å². The number of fused-ring (bicyclic) bond motifs is 1. The number of primary sulfonamides is 1. The zero-order valence-corrected chi connectivity index (χ0v) is 21.9. The summed E-state index contributed by atoms with van der Waals surface area (Å²) < 4.78 is 30.3. The van der Waals surface area contributed by atoms with Gasteiger partial charge in [-0.25, -0.2) is 27.7 Å². The monoisotopic (exact) mass is 528 g/mol. The summed E-state index contributed by atoms with van der Waals surface area (Å²) >= 11 is 0. The molecule has 1 fully saturated rings. The third-order valence-corrected chi connectivity index (χ3v) is 7.20. The molecule has 3 N–H and O–H groups in total. The zero-order valence-electron chi connectivity index (χ0n) is 21.1. The van der Waals surface area contributed by atoms with Gasteiger partial charge in [0.25, 0.3) is 10.0 Å². The zero-order chi connectivity index (χ0) is 27.0. The molecular formula is C26H32N4O6S. The average molecular weight is 529 g/mol. The van der Waals surface area contributed by atoms with Gasteiger partial charge >= 0.3 is 12.2 Å². The number of carboxylic acid groups (broad SMARTS) is 1. The van der Waals surface area contributed by atoms with Crippen molar-refractivity contribution in [3.05, 3.63) is 60.2 Å². The van der Waals surface area contributed by atoms with Crippen LogP contribution in [-0.2, 0) is 21.3 Å². The van der Waals surface area contributed by atoms with Gasteiger partial charge in [0, 0.05) is 36.7 Å². The van der Waals surface area contributed by atoms with Crippen molar-refractivity contribution in [3.63, 3.8) is 0 Å². The predicted molar refractivity (Wildman–Crippen MR) is 140 cm³/mol. The molecule has 2 heterocycles. The molecule has 1 aliphatic heterocycles. The molecule has 198 valence electrons. The number of ether oxygens (including phenoxy) is 1. The first-order valence-electron chi connectivity index (χ1n) is 12.0. The van der Waals surface area contributed by atoms with Gasteiger partial charge < -0.3 is 19.6 Å². The lowest BCUT2D eigenvalue weighted by atomic mass is 10.0. The Morgan fingerprint density at radius 1 is 1.08 bits per heavy atom. The Hall–Kier alpha value is -3.57. The Morgan fingerprint density at radius 3 is 2.30 bits per heavy atom. The van der Waals surface area contributed by atoms with Crippen molar-refractivity contribution in [2.45, 2.75) is 56.8 Å². The molecule has 0 atom stereocenters. The molecule has 4 rings (SSSR count). The van der Waals surface area contributed by atoms with Crippen LogP contribution < -0.4 is 10.0 Å². The average Bonchev–Trinajstić information content (AvgIpc) is 3.22. The van der Waals surface area contributed by atoms with Gasteiger partial charge in [-0.3, -0.25) is 0 Å². The normalized spacial score (nSPS) is 15.1. The minimum atomic E-state index is -4.25. The number of nitrogens with two attached hydrogens (primary N) is 1. The van der Waals surface area contributed by atoms with E-state index in [1.807, 2.05) is 51.1 Å². The van der Waals surface area contributed by atoms with E-state index in [2.05, 4.69) is 4.90 Å². The Bertz CT molecular complexity index is 1400. The second-order valence-electron chi connectivity index (χ2n) is 10.2. The minimum absolute atomic E-state index is 0.0932. The highest BCUT2D eigenvalue weighted by Crippen LogP contribution is 2.31. The highest BCUT2D eigenvalue weighted by Gasteiger charge is 2.30. The SMILES string of the molecule is CC(C)(C)OC(=O)N1CCC(N(Cc2ccccc2)c2ccc3c(c2)cc(S(N)(=O)=O)n3C(=O)O)CC1. The molecule has 3 aromatic rings. The molecule has 11 heteroatoms. The van der Waals surface area contributed by atoms with Gasteiger partial charge in [-0.15, -0.1) is 0 Å². The van der Waals surface area contributed by atoms with Gasteiger partial charge in [0.1, 0.15) is 5.60 Å². The van der Waals surface area contributed by atoms with Crippen LogP contribution in [-0.4, -0.2) is 59.9 Å². The number of anilines is 1. The molecule has 1 aliphatic rings. The Kier molecular flexibility index (Phi) is 7.20. The largest absolute Gasteiger partial charge is 0.464 e. The van der Waals surface area contributed by atoms with E-state index in [0.29, 0.717) is 42.4 Å². The van der Waals surface area contributed by atoms with Crippen molar-refractivity contribution in [2.75, 3.05) is 18.0 Å². The number of rotatable bonds is 5. The number of hydrogen-bond donors (Lipinski definition) is 2. The first-order valence-corrected chi connectivity index (χ1v) is 13.6. The van der Waals surface area contributed by atoms with Crippen molar-refractivity contribution in [3.8, 4) is 0 Å². The van der Waals surface area contributed by atoms with Gasteiger partial charge in [0.05, 0.1) is 5.52 Å². The van der Waals surface area contributed by atoms with Crippen LogP contribution in [0.3, 0.4) is 0 Å². The van der Waals surface area contributed by atoms with Crippen LogP contribution in [0.5, 0.6) is 0 Å². The topological polar surface area (TPSA) is 135 Å². The highest BCUT2D eigenvalue weighted by molar-refractivity contribution is 7.89. The first kappa shape index (κ1) is 26.5. The second-order valence-corrected chi connectivity index (χ2v) is 11.7. The quantitative estimate of drug-likeness (QED) is 0.506. The van der Waals surface area contributed by atoms with E-state index >= 15 is 0 Å². The standard InChI is InChI=1S/C26H32N4O6S/c1-26(2,3)36-25(33)28-13-11-20(12-14-28)29(17-18-7-5-4-6-8-18)21-9-10-22-19(15-21)16-23(37(27,34)35)30(22)24(31)32/h4-10,15-16,20H,11-14,17H2,1-3H3,(H,31,32)(H2,27,34,35). The van der Waals surface area contributed by atoms with Gasteiger partial charge in [-0.05, 0) is 63.4 Å². The van der Waals surface area contributed by atoms with E-state index in [1.165, 1.54) is 6.07 Å². The summed E-state index contributed by atoms with van der Waals surface area (Å²) in [4.78, 5) is 28.3. The summed E-state index contributed by atoms with van der Waals surface area (Å²) in [5.74, 6) is 0. The van der Waals surface area contributed by atoms with Crippen molar-refractivity contribution < 1.29 is 27.9 Å². The Labute approximate surface area is 216 Å². The smallest absolute Gasteiger partial charge is 0.417 e. The second kappa shape index (κ2) is 10.1. The van der Waals surface area contributed by atoms with Gasteiger partial charge in [-0.1, -0.05) is 30.3 Å². The number of carbonyl (C=O) groups is 2. The van der Waals surface area contributed by atoms with Crippen molar-refractivity contribution in [1.82, 2.24) is 9.47 Å². The first-order chi connectivity index (χ1) is 17.3. The van der Waals surface area contributed by atoms with Crippen LogP contribution in [0.2, 0.25) is 0 Å². The molecule has 37 heavy (non-hydrogen) atoms. The summed E-state index contributed by atoms with van der Waals surface area (Å²) in [7, 11) is -4.25. The van der Waals surface area contributed by atoms with E-state index in [1.54, 1.807) is 23.1 Å². The van der Waals surface area contributed by atoms with Crippen molar-refractivity contribution >= 4 is 38.8 Å². The molecule has 2 aromatic carbocycles. The molecule has 0 aliphatic carbocycles. The number of sulfonamides is 1. The maximum absolute atomic E-state index is 12.5. The van der Waals surface area contributed by atoms with E-state index < -0.39 is 26.7 Å². The number of nitrogens with zero attached hydrogens (tertiary/aromatic N) is 3. The van der Waals surface area contributed by atoms with Crippen LogP contribution in [0.15, 0.2) is 59.6 Å². The Balaban J connectivity index is 1.66. The lowest BCUT2D eigenvalue weighted by Crippen LogP contribution is -2.48. The van der Waals surface area contributed by atoms with Crippen LogP contribution in [0, 0.1) is 0 Å². The third kappa shape index (κ3) is 6.05. The number of likely N-dealkylation sites (tertiary alicyclic amines) is 1. The fourth-order valence-electron chi connectivity index (χ4n) is 4.66. The third-order valence-electron chi connectivity index (χ3n) is 6.32. The molecular weight excluding hydrogens is 496 g/mol. The Morgan fingerprint density at radius 2 is 1.73 bits per heavy atom. The van der Waals surface area contributed by atoms with Crippen molar-refractivity contribution in [2.24, 2.45) is 5.14 Å². The number of carbonyl (C=O) groups excluding carboxylic acids is 1. The summed E-state index contributed by atoms with van der Waals surface area (Å²) in [6.45, 7) is 7.19. The summed E-state index contributed by atoms with van der Waals surface area (Å²) in [6, 6.07) is 16.5. The number of benzene rings is 2. The van der Waals surface area contributed by atoms with Gasteiger partial charge in [-0.2, -0.15) is 0 Å². The molecule has 1 amide bonds. The number of hydrogen-bond acceptors (Lipinski definition) is 6. The lowest BCUT2D eigenvalue weighted by Gasteiger charge is -2.40. The highest BCUT2D eigenvalue weighted by atomic mass is 32.2. The molecule has 0 radical (unpaired) electrons. The number of piperidine rings is 1. The van der Waals surface area contributed by atoms with E-state index in [9.17, 15) is 23.1 Å². The van der Waals surface area contributed by atoms with Crippen molar-refractivity contribution in [1.29, 1.82) is 0 Å². The molecule has 1 saturated heterocycles. The molecule has 10 nitrogen and oxygen atoms in total.